The summed E-state index contributed by atoms with van der Waals surface area (Å²) >= 11 is 15.3. The number of esters is 1. The largest absolute Gasteiger partial charge is 0.482 e. The van der Waals surface area contributed by atoms with Crippen LogP contribution in [0.15, 0.2) is 52.3 Å². The minimum absolute atomic E-state index is 0.00260. The number of aromatic nitrogens is 1. The Kier molecular flexibility index (Phi) is 6.72. The average Bonchev–Trinajstić information content (AvgIpc) is 3.67. The van der Waals surface area contributed by atoms with Crippen molar-refractivity contribution in [3.63, 3.8) is 0 Å². The summed E-state index contributed by atoms with van der Waals surface area (Å²) in [4.78, 5) is 57.4. The number of thioether (sulfide) groups is 1. The van der Waals surface area contributed by atoms with Gasteiger partial charge in [-0.25, -0.2) is 4.79 Å². The third-order valence-electron chi connectivity index (χ3n) is 8.77. The molecule has 12 heteroatoms. The van der Waals surface area contributed by atoms with Gasteiger partial charge in [0.15, 0.2) is 6.61 Å². The van der Waals surface area contributed by atoms with E-state index >= 15 is 0 Å². The molecule has 1 aromatic heterocycles. The van der Waals surface area contributed by atoms with Gasteiger partial charge in [0, 0.05) is 31.7 Å². The van der Waals surface area contributed by atoms with E-state index in [4.69, 9.17) is 32.7 Å². The van der Waals surface area contributed by atoms with Crippen LogP contribution in [0.2, 0.25) is 10.0 Å². The fraction of sp³-hybridized carbons (Fsp3) is 0.379. The van der Waals surface area contributed by atoms with Crippen molar-refractivity contribution in [3.8, 4) is 5.75 Å². The number of fused-ring (bicyclic) bond motifs is 9. The molecular formula is C29H24Cl2N2O6S2. The van der Waals surface area contributed by atoms with Crippen LogP contribution in [-0.4, -0.2) is 41.2 Å². The Hall–Kier alpha value is -2.79. The van der Waals surface area contributed by atoms with Crippen molar-refractivity contribution < 1.29 is 23.9 Å². The van der Waals surface area contributed by atoms with Gasteiger partial charge in [-0.1, -0.05) is 34.5 Å². The fourth-order valence-electron chi connectivity index (χ4n) is 7.44. The summed E-state index contributed by atoms with van der Waals surface area (Å²) in [6.45, 7) is 1.70. The summed E-state index contributed by atoms with van der Waals surface area (Å²) in [5.74, 6) is -1.70. The number of thiazole rings is 1. The number of amides is 2. The molecule has 2 aliphatic carbocycles. The van der Waals surface area contributed by atoms with Crippen LogP contribution in [0.4, 0.5) is 5.69 Å². The Morgan fingerprint density at radius 1 is 1.02 bits per heavy atom. The van der Waals surface area contributed by atoms with Crippen molar-refractivity contribution in [1.29, 1.82) is 0 Å². The van der Waals surface area contributed by atoms with Gasteiger partial charge in [-0.3, -0.25) is 19.3 Å². The number of rotatable bonds is 6. The molecule has 7 atom stereocenters. The summed E-state index contributed by atoms with van der Waals surface area (Å²) in [6, 6.07) is 12.0. The molecule has 2 saturated carbocycles. The molecule has 2 aromatic carbocycles. The van der Waals surface area contributed by atoms with Gasteiger partial charge in [0.1, 0.15) is 5.75 Å². The highest BCUT2D eigenvalue weighted by atomic mass is 35.5. The second-order valence-corrected chi connectivity index (χ2v) is 13.8. The number of carbonyl (C=O) groups is 3. The van der Waals surface area contributed by atoms with Gasteiger partial charge in [0.25, 0.3) is 0 Å². The normalized spacial score (nSPS) is 29.3. The molecule has 2 bridgehead atoms. The van der Waals surface area contributed by atoms with E-state index in [0.717, 1.165) is 33.2 Å². The Balaban J connectivity index is 1.30. The standard InChI is InChI=1S/C29H24Cl2N2O6S2/c1-2-38-19(34)11-39-18-8-5-13(31)9-15(18)20-21-16-10-17(24(21)40-26-25(20)41-29(37)32-26)23-22(16)27(35)33(28(23)36)14-6-3-12(30)4-7-14/h3-9,16-17,20-24H,2,10-11H2,1H3,(H,32,37)/t16-,17-,20+,21-,22+,23+,24-/m1/s1. The maximum Gasteiger partial charge on any atom is 0.344 e. The molecule has 1 N–H and O–H groups in total. The lowest BCUT2D eigenvalue weighted by Gasteiger charge is -2.43. The van der Waals surface area contributed by atoms with Gasteiger partial charge < -0.3 is 14.5 Å². The molecule has 1 saturated heterocycles. The minimum atomic E-state index is -0.488. The van der Waals surface area contributed by atoms with Crippen molar-refractivity contribution in [2.75, 3.05) is 18.1 Å². The molecule has 2 amide bonds. The molecular weight excluding hydrogens is 607 g/mol. The van der Waals surface area contributed by atoms with Gasteiger partial charge in [-0.2, -0.15) is 0 Å². The van der Waals surface area contributed by atoms with E-state index in [-0.39, 0.29) is 58.8 Å². The maximum absolute atomic E-state index is 13.9. The molecule has 0 radical (unpaired) electrons. The zero-order valence-corrected chi connectivity index (χ0v) is 24.8. The number of nitrogens with one attached hydrogen (secondary N) is 1. The SMILES string of the molecule is CCOC(=O)COc1ccc(Cl)cc1[C@@H]1c2sc(=O)[nH]c2S[C@@H]2[C@@H]3C[C@@H]([C@@H]4C(=O)N(c5ccc(Cl)cc5)C(=O)[C@@H]34)[C@H]12. The number of imide groups is 1. The molecule has 4 aliphatic rings. The highest BCUT2D eigenvalue weighted by Crippen LogP contribution is 2.69. The number of anilines is 1. The van der Waals surface area contributed by atoms with Crippen molar-refractivity contribution in [1.82, 2.24) is 4.98 Å². The van der Waals surface area contributed by atoms with Gasteiger partial charge in [-0.05, 0) is 73.6 Å². The molecule has 41 heavy (non-hydrogen) atoms. The Labute approximate surface area is 253 Å². The third-order valence-corrected chi connectivity index (χ3v) is 11.8. The summed E-state index contributed by atoms with van der Waals surface area (Å²) in [6.07, 6.45) is 0.749. The minimum Gasteiger partial charge on any atom is -0.482 e. The van der Waals surface area contributed by atoms with E-state index in [1.807, 2.05) is 6.07 Å². The predicted molar refractivity (Wildman–Crippen MR) is 156 cm³/mol. The molecule has 7 rings (SSSR count). The predicted octanol–water partition coefficient (Wildman–Crippen LogP) is 5.36. The Morgan fingerprint density at radius 3 is 2.46 bits per heavy atom. The molecule has 212 valence electrons. The van der Waals surface area contributed by atoms with E-state index in [0.29, 0.717) is 21.5 Å². The van der Waals surface area contributed by atoms with Crippen LogP contribution in [0, 0.1) is 29.6 Å². The second-order valence-electron chi connectivity index (χ2n) is 10.7. The monoisotopic (exact) mass is 630 g/mol. The Bertz CT molecular complexity index is 1640. The number of ether oxygens (including phenoxy) is 2. The number of halogens is 2. The lowest BCUT2D eigenvalue weighted by Crippen LogP contribution is -2.42. The molecule has 3 fully saturated rings. The summed E-state index contributed by atoms with van der Waals surface area (Å²) in [5, 5.41) is 1.80. The zero-order valence-electron chi connectivity index (χ0n) is 21.7. The Morgan fingerprint density at radius 2 is 1.73 bits per heavy atom. The first kappa shape index (κ1) is 27.1. The fourth-order valence-corrected chi connectivity index (χ4v) is 10.6. The van der Waals surface area contributed by atoms with E-state index in [1.54, 1.807) is 55.1 Å². The number of hydrogen-bond acceptors (Lipinski definition) is 8. The van der Waals surface area contributed by atoms with Gasteiger partial charge in [0.2, 0.25) is 11.8 Å². The van der Waals surface area contributed by atoms with Crippen LogP contribution >= 0.6 is 46.3 Å². The second kappa shape index (κ2) is 10.2. The van der Waals surface area contributed by atoms with Crippen LogP contribution in [0.5, 0.6) is 5.75 Å². The number of aromatic amines is 1. The summed E-state index contributed by atoms with van der Waals surface area (Å²) in [7, 11) is 0. The molecule has 0 unspecified atom stereocenters. The van der Waals surface area contributed by atoms with E-state index in [1.165, 1.54) is 4.90 Å². The van der Waals surface area contributed by atoms with E-state index in [2.05, 4.69) is 4.98 Å². The number of H-pyrrole nitrogens is 1. The topological polar surface area (TPSA) is 106 Å². The molecule has 0 spiro atoms. The highest BCUT2D eigenvalue weighted by Gasteiger charge is 2.69. The van der Waals surface area contributed by atoms with Gasteiger partial charge >= 0.3 is 10.8 Å². The first-order chi connectivity index (χ1) is 19.8. The lowest BCUT2D eigenvalue weighted by molar-refractivity contribution is -0.145. The number of benzene rings is 2. The molecule has 2 aliphatic heterocycles. The quantitative estimate of drug-likeness (QED) is 0.288. The van der Waals surface area contributed by atoms with Crippen molar-refractivity contribution >= 4 is 69.8 Å². The van der Waals surface area contributed by atoms with Crippen LogP contribution < -0.4 is 14.5 Å². The number of hydrogen-bond donors (Lipinski definition) is 1. The molecule has 8 nitrogen and oxygen atoms in total. The number of nitrogens with zero attached hydrogens (tertiary/aromatic N) is 1. The average molecular weight is 632 g/mol. The summed E-state index contributed by atoms with van der Waals surface area (Å²) < 4.78 is 11.0. The van der Waals surface area contributed by atoms with Gasteiger partial charge in [0.05, 0.1) is 29.2 Å². The first-order valence-electron chi connectivity index (χ1n) is 13.4. The van der Waals surface area contributed by atoms with Crippen molar-refractivity contribution in [3.05, 3.63) is 72.6 Å². The van der Waals surface area contributed by atoms with E-state index < -0.39 is 17.8 Å². The van der Waals surface area contributed by atoms with Crippen LogP contribution in [0.3, 0.4) is 0 Å². The number of carbonyl (C=O) groups excluding carboxylic acids is 3. The first-order valence-corrected chi connectivity index (χ1v) is 15.8. The van der Waals surface area contributed by atoms with Crippen LogP contribution in [-0.2, 0) is 19.1 Å². The third kappa shape index (κ3) is 4.25. The molecule has 3 heterocycles. The smallest absolute Gasteiger partial charge is 0.344 e. The highest BCUT2D eigenvalue weighted by molar-refractivity contribution is 8.00. The summed E-state index contributed by atoms with van der Waals surface area (Å²) in [5.41, 5.74) is 1.28. The van der Waals surface area contributed by atoms with Crippen molar-refractivity contribution in [2.45, 2.75) is 29.5 Å². The molecule has 3 aromatic rings. The maximum atomic E-state index is 13.9. The zero-order chi connectivity index (χ0) is 28.6. The van der Waals surface area contributed by atoms with Crippen LogP contribution in [0.25, 0.3) is 0 Å². The van der Waals surface area contributed by atoms with Crippen molar-refractivity contribution in [2.24, 2.45) is 29.6 Å². The van der Waals surface area contributed by atoms with E-state index in [9.17, 15) is 19.2 Å². The van der Waals surface area contributed by atoms with Gasteiger partial charge in [-0.15, -0.1) is 11.8 Å². The lowest BCUT2D eigenvalue weighted by atomic mass is 9.68. The van der Waals surface area contributed by atoms with Crippen LogP contribution in [0.1, 0.15) is 29.7 Å².